The van der Waals surface area contributed by atoms with Gasteiger partial charge in [0.05, 0.1) is 11.5 Å². The molecule has 0 N–H and O–H groups in total. The predicted octanol–water partition coefficient (Wildman–Crippen LogP) is 3.52. The third-order valence-electron chi connectivity index (χ3n) is 3.55. The van der Waals surface area contributed by atoms with Gasteiger partial charge in [0.2, 0.25) is 0 Å². The van der Waals surface area contributed by atoms with Gasteiger partial charge in [0, 0.05) is 0 Å². The number of hydrogen-bond acceptors (Lipinski definition) is 5. The molecule has 2 rings (SSSR count). The Labute approximate surface area is 135 Å². The number of rotatable bonds is 7. The van der Waals surface area contributed by atoms with Crippen molar-refractivity contribution in [2.75, 3.05) is 13.2 Å². The summed E-state index contributed by atoms with van der Waals surface area (Å²) in [6.45, 7) is 3.76. The number of carbonyl (C=O) groups excluding carboxylic acids is 2. The van der Waals surface area contributed by atoms with E-state index >= 15 is 0 Å². The van der Waals surface area contributed by atoms with Gasteiger partial charge >= 0.3 is 11.9 Å². The summed E-state index contributed by atoms with van der Waals surface area (Å²) in [5, 5.41) is 1.99. The summed E-state index contributed by atoms with van der Waals surface area (Å²) in [7, 11) is 0. The molecule has 0 aliphatic rings. The highest BCUT2D eigenvalue weighted by Gasteiger charge is 2.12. The van der Waals surface area contributed by atoms with Gasteiger partial charge in [-0.1, -0.05) is 44.2 Å². The van der Waals surface area contributed by atoms with Gasteiger partial charge in [-0.3, -0.25) is 9.68 Å². The summed E-state index contributed by atoms with van der Waals surface area (Å²) in [5.74, 6) is -1.00. The van der Waals surface area contributed by atoms with Crippen molar-refractivity contribution in [1.82, 2.24) is 0 Å². The van der Waals surface area contributed by atoms with Crippen molar-refractivity contribution in [3.8, 4) is 0 Å². The molecule has 5 heteroatoms. The second kappa shape index (κ2) is 8.29. The first-order valence-corrected chi connectivity index (χ1v) is 7.61. The highest BCUT2D eigenvalue weighted by molar-refractivity contribution is 5.95. The lowest BCUT2D eigenvalue weighted by atomic mass is 10.1. The Morgan fingerprint density at radius 3 is 2.52 bits per heavy atom. The zero-order valence-electron chi connectivity index (χ0n) is 13.3. The second-order valence-electron chi connectivity index (χ2n) is 5.23. The molecule has 0 amide bonds. The van der Waals surface area contributed by atoms with E-state index in [1.807, 2.05) is 37.3 Å². The molecule has 2 aromatic rings. The smallest absolute Gasteiger partial charge is 0.373 e. The molecule has 0 spiro atoms. The highest BCUT2D eigenvalue weighted by Crippen LogP contribution is 2.16. The molecule has 0 fully saturated rings. The lowest BCUT2D eigenvalue weighted by molar-refractivity contribution is -0.246. The monoisotopic (exact) mass is 316 g/mol. The van der Waals surface area contributed by atoms with Gasteiger partial charge in [-0.05, 0) is 29.3 Å². The minimum Gasteiger partial charge on any atom is -0.463 e. The van der Waals surface area contributed by atoms with Crippen LogP contribution in [0.4, 0.5) is 0 Å². The topological polar surface area (TPSA) is 61.8 Å². The molecule has 0 aliphatic carbocycles. The van der Waals surface area contributed by atoms with Crippen LogP contribution in [0.25, 0.3) is 10.8 Å². The average Bonchev–Trinajstić information content (AvgIpc) is 2.59. The van der Waals surface area contributed by atoms with E-state index in [1.54, 1.807) is 19.1 Å². The van der Waals surface area contributed by atoms with Crippen molar-refractivity contribution in [1.29, 1.82) is 0 Å². The lowest BCUT2D eigenvalue weighted by Gasteiger charge is -2.09. The molecule has 0 aliphatic heterocycles. The fraction of sp³-hybridized carbons (Fsp3) is 0.333. The average molecular weight is 316 g/mol. The number of ether oxygens (including phenoxy) is 1. The van der Waals surface area contributed by atoms with Crippen LogP contribution >= 0.6 is 0 Å². The Bertz CT molecular complexity index is 680. The van der Waals surface area contributed by atoms with E-state index in [2.05, 4.69) is 0 Å². The predicted molar refractivity (Wildman–Crippen MR) is 85.7 cm³/mol. The Morgan fingerprint density at radius 1 is 1.04 bits per heavy atom. The van der Waals surface area contributed by atoms with Crippen LogP contribution in [-0.2, 0) is 19.3 Å². The van der Waals surface area contributed by atoms with Crippen molar-refractivity contribution in [2.45, 2.75) is 20.3 Å². The first-order valence-electron chi connectivity index (χ1n) is 7.61. The van der Waals surface area contributed by atoms with Gasteiger partial charge < -0.3 is 4.74 Å². The molecule has 0 aromatic heterocycles. The molecule has 1 atom stereocenters. The summed E-state index contributed by atoms with van der Waals surface area (Å²) in [4.78, 5) is 32.8. The van der Waals surface area contributed by atoms with Crippen LogP contribution in [0.2, 0.25) is 0 Å². The molecule has 1 unspecified atom stereocenters. The quantitative estimate of drug-likeness (QED) is 0.338. The van der Waals surface area contributed by atoms with E-state index in [4.69, 9.17) is 14.5 Å². The van der Waals surface area contributed by atoms with Crippen LogP contribution in [0.3, 0.4) is 0 Å². The minimum atomic E-state index is -0.580. The maximum atomic E-state index is 11.9. The molecule has 0 saturated heterocycles. The summed E-state index contributed by atoms with van der Waals surface area (Å²) >= 11 is 0. The third-order valence-corrected chi connectivity index (χ3v) is 3.55. The third kappa shape index (κ3) is 4.79. The van der Waals surface area contributed by atoms with E-state index in [9.17, 15) is 9.59 Å². The van der Waals surface area contributed by atoms with Gasteiger partial charge in [-0.15, -0.1) is 0 Å². The Balaban J connectivity index is 1.77. The second-order valence-corrected chi connectivity index (χ2v) is 5.23. The van der Waals surface area contributed by atoms with Gasteiger partial charge in [0.1, 0.15) is 13.2 Å². The SMILES string of the molecule is CCC(C)C(=O)OCCOOC(=O)c1ccc2ccccc2c1. The van der Waals surface area contributed by atoms with Gasteiger partial charge in [-0.2, -0.15) is 4.89 Å². The minimum absolute atomic E-state index is 0.00148. The lowest BCUT2D eigenvalue weighted by Crippen LogP contribution is -2.17. The molecule has 0 radical (unpaired) electrons. The van der Waals surface area contributed by atoms with Crippen LogP contribution in [-0.4, -0.2) is 25.2 Å². The largest absolute Gasteiger partial charge is 0.463 e. The maximum absolute atomic E-state index is 11.9. The summed E-state index contributed by atoms with van der Waals surface area (Å²) < 4.78 is 4.98. The van der Waals surface area contributed by atoms with Crippen LogP contribution in [0.1, 0.15) is 30.6 Å². The van der Waals surface area contributed by atoms with E-state index < -0.39 is 5.97 Å². The number of esters is 1. The fourth-order valence-corrected chi connectivity index (χ4v) is 1.94. The molecule has 23 heavy (non-hydrogen) atoms. The first kappa shape index (κ1) is 17.0. The maximum Gasteiger partial charge on any atom is 0.373 e. The van der Waals surface area contributed by atoms with Gasteiger partial charge in [0.25, 0.3) is 0 Å². The number of hydrogen-bond donors (Lipinski definition) is 0. The van der Waals surface area contributed by atoms with Crippen molar-refractivity contribution >= 4 is 22.7 Å². The van der Waals surface area contributed by atoms with Crippen molar-refractivity contribution in [2.24, 2.45) is 5.92 Å². The van der Waals surface area contributed by atoms with Crippen molar-refractivity contribution in [3.63, 3.8) is 0 Å². The van der Waals surface area contributed by atoms with Crippen LogP contribution in [0.15, 0.2) is 42.5 Å². The van der Waals surface area contributed by atoms with E-state index in [-0.39, 0.29) is 25.1 Å². The summed E-state index contributed by atoms with van der Waals surface area (Å²) in [5.41, 5.74) is 0.403. The number of carbonyl (C=O) groups is 2. The molecule has 2 aromatic carbocycles. The first-order chi connectivity index (χ1) is 11.1. The summed E-state index contributed by atoms with van der Waals surface area (Å²) in [6.07, 6.45) is 0.719. The normalized spacial score (nSPS) is 11.9. The van der Waals surface area contributed by atoms with Crippen molar-refractivity contribution in [3.05, 3.63) is 48.0 Å². The van der Waals surface area contributed by atoms with Gasteiger partial charge in [0.15, 0.2) is 0 Å². The number of fused-ring (bicyclic) bond motifs is 1. The molecule has 122 valence electrons. The Hall–Kier alpha value is -2.40. The van der Waals surface area contributed by atoms with Crippen LogP contribution in [0.5, 0.6) is 0 Å². The Kier molecular flexibility index (Phi) is 6.11. The molecular weight excluding hydrogens is 296 g/mol. The Morgan fingerprint density at radius 2 is 1.78 bits per heavy atom. The fourth-order valence-electron chi connectivity index (χ4n) is 1.94. The van der Waals surface area contributed by atoms with Crippen LogP contribution in [0, 0.1) is 5.92 Å². The zero-order chi connectivity index (χ0) is 16.7. The van der Waals surface area contributed by atoms with E-state index in [1.165, 1.54) is 0 Å². The number of benzene rings is 2. The summed E-state index contributed by atoms with van der Waals surface area (Å²) in [6, 6.07) is 13.0. The van der Waals surface area contributed by atoms with Gasteiger partial charge in [-0.25, -0.2) is 4.79 Å². The standard InChI is InChI=1S/C18H20O5/c1-3-13(2)17(19)21-10-11-22-23-18(20)16-9-8-14-6-4-5-7-15(14)12-16/h4-9,12-13H,3,10-11H2,1-2H3. The highest BCUT2D eigenvalue weighted by atomic mass is 17.2. The molecule has 0 bridgehead atoms. The molecule has 0 saturated carbocycles. The van der Waals surface area contributed by atoms with E-state index in [0.29, 0.717) is 5.56 Å². The van der Waals surface area contributed by atoms with Crippen LogP contribution < -0.4 is 0 Å². The van der Waals surface area contributed by atoms with Crippen molar-refractivity contribution < 1.29 is 24.1 Å². The molecular formula is C18H20O5. The molecule has 0 heterocycles. The molecule has 5 nitrogen and oxygen atoms in total. The zero-order valence-corrected chi connectivity index (χ0v) is 13.3. The van der Waals surface area contributed by atoms with E-state index in [0.717, 1.165) is 17.2 Å².